The third-order valence-corrected chi connectivity index (χ3v) is 5.85. The molecule has 1 aliphatic rings. The highest BCUT2D eigenvalue weighted by atomic mass is 19.1. The van der Waals surface area contributed by atoms with E-state index in [2.05, 4.69) is 25.8 Å². The van der Waals surface area contributed by atoms with Gasteiger partial charge in [0.25, 0.3) is 5.91 Å². The van der Waals surface area contributed by atoms with Gasteiger partial charge in [0.15, 0.2) is 0 Å². The molecule has 1 aromatic carbocycles. The number of rotatable bonds is 8. The number of nitrogens with one attached hydrogen (secondary N) is 2. The number of anilines is 1. The molecular formula is C25H27F2N5O. The molecule has 172 valence electrons. The van der Waals surface area contributed by atoms with Crippen LogP contribution in [0.5, 0.6) is 0 Å². The second-order valence-corrected chi connectivity index (χ2v) is 8.96. The first-order chi connectivity index (χ1) is 15.9. The van der Waals surface area contributed by atoms with Crippen LogP contribution < -0.4 is 10.6 Å². The number of halogens is 2. The van der Waals surface area contributed by atoms with Crippen molar-refractivity contribution in [3.8, 4) is 11.3 Å². The molecule has 0 saturated heterocycles. The molecule has 0 atom stereocenters. The summed E-state index contributed by atoms with van der Waals surface area (Å²) >= 11 is 0. The molecular weight excluding hydrogens is 424 g/mol. The van der Waals surface area contributed by atoms with Crippen LogP contribution in [0, 0.1) is 11.7 Å². The molecule has 8 heteroatoms. The van der Waals surface area contributed by atoms with E-state index in [1.165, 1.54) is 18.3 Å². The largest absolute Gasteiger partial charge is 0.368 e. The predicted molar refractivity (Wildman–Crippen MR) is 123 cm³/mol. The number of benzene rings is 1. The maximum Gasteiger partial charge on any atom is 0.251 e. The van der Waals surface area contributed by atoms with Gasteiger partial charge in [0.2, 0.25) is 0 Å². The van der Waals surface area contributed by atoms with Crippen LogP contribution in [-0.4, -0.2) is 40.3 Å². The van der Waals surface area contributed by atoms with Gasteiger partial charge >= 0.3 is 0 Å². The Hall–Kier alpha value is -3.42. The van der Waals surface area contributed by atoms with Gasteiger partial charge in [-0.15, -0.1) is 10.2 Å². The van der Waals surface area contributed by atoms with Crippen LogP contribution in [0.25, 0.3) is 11.3 Å². The third-order valence-electron chi connectivity index (χ3n) is 5.85. The van der Waals surface area contributed by atoms with Crippen molar-refractivity contribution in [3.63, 3.8) is 0 Å². The van der Waals surface area contributed by atoms with Gasteiger partial charge in [0.05, 0.1) is 11.4 Å². The summed E-state index contributed by atoms with van der Waals surface area (Å²) in [5, 5.41) is 14.5. The minimum atomic E-state index is -0.966. The summed E-state index contributed by atoms with van der Waals surface area (Å²) in [4.78, 5) is 16.5. The van der Waals surface area contributed by atoms with Crippen molar-refractivity contribution in [3.05, 3.63) is 71.8 Å². The fraction of sp³-hybridized carbons (Fsp3) is 0.360. The lowest BCUT2D eigenvalue weighted by atomic mass is 9.65. The van der Waals surface area contributed by atoms with E-state index in [9.17, 15) is 13.6 Å². The third kappa shape index (κ3) is 5.16. The molecule has 2 heterocycles. The normalized spacial score (nSPS) is 19.7. The van der Waals surface area contributed by atoms with Crippen LogP contribution >= 0.6 is 0 Å². The van der Waals surface area contributed by atoms with Crippen molar-refractivity contribution < 1.29 is 13.6 Å². The van der Waals surface area contributed by atoms with E-state index in [0.29, 0.717) is 36.1 Å². The summed E-state index contributed by atoms with van der Waals surface area (Å²) in [7, 11) is 0. The van der Waals surface area contributed by atoms with Crippen LogP contribution in [0.2, 0.25) is 0 Å². The molecule has 6 nitrogen and oxygen atoms in total. The quantitative estimate of drug-likeness (QED) is 0.525. The molecule has 1 aliphatic carbocycles. The van der Waals surface area contributed by atoms with Crippen molar-refractivity contribution in [2.75, 3.05) is 18.4 Å². The van der Waals surface area contributed by atoms with Crippen molar-refractivity contribution in [2.24, 2.45) is 5.92 Å². The fourth-order valence-corrected chi connectivity index (χ4v) is 4.04. The molecule has 1 fully saturated rings. The molecule has 4 rings (SSSR count). The van der Waals surface area contributed by atoms with Crippen molar-refractivity contribution in [2.45, 2.75) is 38.3 Å². The lowest BCUT2D eigenvalue weighted by Gasteiger charge is -2.44. The zero-order valence-corrected chi connectivity index (χ0v) is 18.7. The molecule has 1 saturated carbocycles. The lowest BCUT2D eigenvalue weighted by Crippen LogP contribution is -2.49. The van der Waals surface area contributed by atoms with Gasteiger partial charge in [-0.05, 0) is 55.2 Å². The van der Waals surface area contributed by atoms with E-state index in [1.54, 1.807) is 24.3 Å². The number of amides is 1. The Kier molecular flexibility index (Phi) is 6.62. The maximum absolute atomic E-state index is 14.3. The van der Waals surface area contributed by atoms with Gasteiger partial charge in [-0.1, -0.05) is 26.0 Å². The average Bonchev–Trinajstić information content (AvgIpc) is 2.80. The van der Waals surface area contributed by atoms with Crippen molar-refractivity contribution in [1.82, 2.24) is 20.5 Å². The van der Waals surface area contributed by atoms with Gasteiger partial charge in [0, 0.05) is 35.8 Å². The Labute approximate surface area is 191 Å². The number of aromatic nitrogens is 3. The molecule has 0 unspecified atom stereocenters. The van der Waals surface area contributed by atoms with Crippen molar-refractivity contribution >= 4 is 11.7 Å². The lowest BCUT2D eigenvalue weighted by molar-refractivity contribution is 0.0947. The second-order valence-electron chi connectivity index (χ2n) is 8.96. The van der Waals surface area contributed by atoms with Crippen LogP contribution in [0.1, 0.15) is 42.7 Å². The molecule has 0 bridgehead atoms. The number of nitrogens with zero attached hydrogens (tertiary/aromatic N) is 3. The Bertz CT molecular complexity index is 1110. The van der Waals surface area contributed by atoms with E-state index in [0.717, 1.165) is 5.56 Å². The monoisotopic (exact) mass is 451 g/mol. The van der Waals surface area contributed by atoms with Gasteiger partial charge in [-0.2, -0.15) is 0 Å². The molecule has 0 spiro atoms. The summed E-state index contributed by atoms with van der Waals surface area (Å²) < 4.78 is 28.0. The summed E-state index contributed by atoms with van der Waals surface area (Å²) in [6, 6.07) is 13.7. The molecule has 1 amide bonds. The highest BCUT2D eigenvalue weighted by Gasteiger charge is 2.48. The van der Waals surface area contributed by atoms with Crippen LogP contribution in [0.4, 0.5) is 14.6 Å². The average molecular weight is 452 g/mol. The molecule has 2 N–H and O–H groups in total. The van der Waals surface area contributed by atoms with Crippen LogP contribution in [-0.2, 0) is 5.41 Å². The molecule has 3 aromatic rings. The predicted octanol–water partition coefficient (Wildman–Crippen LogP) is 4.55. The fourth-order valence-electron chi connectivity index (χ4n) is 4.04. The van der Waals surface area contributed by atoms with E-state index >= 15 is 0 Å². The topological polar surface area (TPSA) is 79.8 Å². The Morgan fingerprint density at radius 1 is 1.15 bits per heavy atom. The maximum atomic E-state index is 14.3. The van der Waals surface area contributed by atoms with E-state index in [4.69, 9.17) is 0 Å². The zero-order valence-electron chi connectivity index (χ0n) is 18.7. The first-order valence-corrected chi connectivity index (χ1v) is 11.1. The van der Waals surface area contributed by atoms with Gasteiger partial charge < -0.3 is 10.6 Å². The first kappa shape index (κ1) is 22.8. The highest BCUT2D eigenvalue weighted by Crippen LogP contribution is 2.45. The smallest absolute Gasteiger partial charge is 0.251 e. The number of hydrogen-bond donors (Lipinski definition) is 2. The Morgan fingerprint density at radius 3 is 2.64 bits per heavy atom. The molecule has 2 aromatic heterocycles. The summed E-state index contributed by atoms with van der Waals surface area (Å²) in [5.41, 5.74) is 1.53. The number of pyridine rings is 1. The van der Waals surface area contributed by atoms with E-state index in [1.807, 2.05) is 26.0 Å². The van der Waals surface area contributed by atoms with Crippen molar-refractivity contribution in [1.29, 1.82) is 0 Å². The second kappa shape index (κ2) is 9.60. The van der Waals surface area contributed by atoms with Gasteiger partial charge in [-0.3, -0.25) is 9.78 Å². The summed E-state index contributed by atoms with van der Waals surface area (Å²) in [5.74, 6) is 0.315. The molecule has 0 aliphatic heterocycles. The minimum absolute atomic E-state index is 0.129. The molecule has 33 heavy (non-hydrogen) atoms. The van der Waals surface area contributed by atoms with Crippen LogP contribution in [0.3, 0.4) is 0 Å². The van der Waals surface area contributed by atoms with Crippen LogP contribution in [0.15, 0.2) is 54.7 Å². The van der Waals surface area contributed by atoms with Gasteiger partial charge in [0.1, 0.15) is 17.8 Å². The van der Waals surface area contributed by atoms with E-state index in [-0.39, 0.29) is 24.4 Å². The van der Waals surface area contributed by atoms with E-state index < -0.39 is 17.4 Å². The highest BCUT2D eigenvalue weighted by molar-refractivity contribution is 5.95. The SMILES string of the molecule is CC(C)CNC(=O)c1cccc(-c2ccc(NCC3(c4ncccc4F)CC(F)C3)nn2)c1. The Morgan fingerprint density at radius 2 is 1.97 bits per heavy atom. The standard InChI is InChI=1S/C25H27F2N5O/c1-16(2)14-29-24(33)18-6-3-5-17(11-18)21-8-9-22(32-31-21)30-15-25(12-19(26)13-25)23-20(27)7-4-10-28-23/h3-11,16,19H,12-15H2,1-2H3,(H,29,33)(H,30,32). The summed E-state index contributed by atoms with van der Waals surface area (Å²) in [6.07, 6.45) is 0.986. The minimum Gasteiger partial charge on any atom is -0.368 e. The summed E-state index contributed by atoms with van der Waals surface area (Å²) in [6.45, 7) is 4.99. The Balaban J connectivity index is 1.44. The number of hydrogen-bond acceptors (Lipinski definition) is 5. The first-order valence-electron chi connectivity index (χ1n) is 11.1. The van der Waals surface area contributed by atoms with Gasteiger partial charge in [-0.25, -0.2) is 8.78 Å². The number of alkyl halides is 1. The number of carbonyl (C=O) groups excluding carboxylic acids is 1. The molecule has 0 radical (unpaired) electrons. The zero-order chi connectivity index (χ0) is 23.4. The number of carbonyl (C=O) groups is 1.